The molecule has 0 aliphatic carbocycles. The second-order valence-electron chi connectivity index (χ2n) is 5.58. The molecule has 0 spiro atoms. The molecule has 1 aromatic carbocycles. The zero-order chi connectivity index (χ0) is 17.1. The van der Waals surface area contributed by atoms with E-state index in [0.29, 0.717) is 22.7 Å². The van der Waals surface area contributed by atoms with Gasteiger partial charge in [-0.15, -0.1) is 0 Å². The number of rotatable bonds is 6. The lowest BCUT2D eigenvalue weighted by atomic mass is 10.3. The second kappa shape index (κ2) is 6.92. The van der Waals surface area contributed by atoms with Gasteiger partial charge >= 0.3 is 5.76 Å². The molecule has 24 heavy (non-hydrogen) atoms. The van der Waals surface area contributed by atoms with Crippen molar-refractivity contribution < 1.29 is 9.21 Å². The van der Waals surface area contributed by atoms with E-state index in [9.17, 15) is 9.59 Å². The molecule has 0 unspecified atom stereocenters. The first-order chi connectivity index (χ1) is 11.5. The predicted molar refractivity (Wildman–Crippen MR) is 89.9 cm³/mol. The van der Waals surface area contributed by atoms with Crippen molar-refractivity contribution in [2.24, 2.45) is 0 Å². The van der Waals surface area contributed by atoms with Gasteiger partial charge in [-0.25, -0.2) is 4.79 Å². The molecule has 0 aliphatic rings. The molecule has 0 aliphatic heterocycles. The monoisotopic (exact) mass is 348 g/mol. The number of benzene rings is 1. The maximum atomic E-state index is 12.1. The number of hydrogen-bond donors (Lipinski definition) is 1. The molecule has 1 atom stereocenters. The Kier molecular flexibility index (Phi) is 4.71. The van der Waals surface area contributed by atoms with E-state index in [-0.39, 0.29) is 24.9 Å². The summed E-state index contributed by atoms with van der Waals surface area (Å²) in [7, 11) is 0. The molecule has 0 bridgehead atoms. The maximum absolute atomic E-state index is 12.1. The Morgan fingerprint density at radius 1 is 1.46 bits per heavy atom. The van der Waals surface area contributed by atoms with Crippen LogP contribution in [0.15, 0.2) is 45.9 Å². The molecule has 3 aromatic rings. The lowest BCUT2D eigenvalue weighted by molar-refractivity contribution is -0.122. The summed E-state index contributed by atoms with van der Waals surface area (Å²) in [6.45, 7) is 2.74. The van der Waals surface area contributed by atoms with Gasteiger partial charge in [0.2, 0.25) is 5.91 Å². The van der Waals surface area contributed by atoms with E-state index in [2.05, 4.69) is 10.4 Å². The Bertz CT molecular complexity index is 898. The number of amides is 1. The number of hydrogen-bond acceptors (Lipinski definition) is 4. The van der Waals surface area contributed by atoms with Crippen LogP contribution in [0.25, 0.3) is 11.1 Å². The summed E-state index contributed by atoms with van der Waals surface area (Å²) in [6, 6.07) is 6.75. The van der Waals surface area contributed by atoms with Gasteiger partial charge in [-0.1, -0.05) is 11.6 Å². The van der Waals surface area contributed by atoms with Crippen molar-refractivity contribution in [3.8, 4) is 0 Å². The minimum atomic E-state index is -0.496. The van der Waals surface area contributed by atoms with E-state index in [1.165, 1.54) is 4.57 Å². The standard InChI is InChI=1S/C16H17ClN4O3/c1-11(10-20-7-2-6-18-20)19-15(22)5-8-21-13-4-3-12(17)9-14(13)24-16(21)23/h2-4,6-7,9,11H,5,8,10H2,1H3,(H,19,22)/t11-/m0/s1. The summed E-state index contributed by atoms with van der Waals surface area (Å²) in [5.41, 5.74) is 1.04. The first-order valence-electron chi connectivity index (χ1n) is 7.58. The van der Waals surface area contributed by atoms with Crippen molar-refractivity contribution in [2.45, 2.75) is 32.5 Å². The maximum Gasteiger partial charge on any atom is 0.419 e. The van der Waals surface area contributed by atoms with E-state index in [1.54, 1.807) is 29.1 Å². The lowest BCUT2D eigenvalue weighted by Gasteiger charge is -2.14. The number of carbonyl (C=O) groups is 1. The smallest absolute Gasteiger partial charge is 0.408 e. The van der Waals surface area contributed by atoms with E-state index in [1.807, 2.05) is 19.2 Å². The molecule has 0 saturated carbocycles. The summed E-state index contributed by atoms with van der Waals surface area (Å²) < 4.78 is 8.33. The van der Waals surface area contributed by atoms with Crippen molar-refractivity contribution in [3.63, 3.8) is 0 Å². The van der Waals surface area contributed by atoms with E-state index in [4.69, 9.17) is 16.0 Å². The average molecular weight is 349 g/mol. The van der Waals surface area contributed by atoms with Crippen LogP contribution in [0, 0.1) is 0 Å². The molecule has 3 rings (SSSR count). The fourth-order valence-electron chi connectivity index (χ4n) is 2.55. The molecule has 1 amide bonds. The summed E-state index contributed by atoms with van der Waals surface area (Å²) >= 11 is 5.88. The van der Waals surface area contributed by atoms with Gasteiger partial charge in [0.05, 0.1) is 12.1 Å². The van der Waals surface area contributed by atoms with Gasteiger partial charge in [0.1, 0.15) is 0 Å². The number of aromatic nitrogens is 3. The van der Waals surface area contributed by atoms with Crippen LogP contribution >= 0.6 is 11.6 Å². The quantitative estimate of drug-likeness (QED) is 0.739. The van der Waals surface area contributed by atoms with E-state index >= 15 is 0 Å². The molecule has 1 N–H and O–H groups in total. The first-order valence-corrected chi connectivity index (χ1v) is 7.96. The predicted octanol–water partition coefficient (Wildman–Crippen LogP) is 2.04. The highest BCUT2D eigenvalue weighted by atomic mass is 35.5. The third-order valence-electron chi connectivity index (χ3n) is 3.62. The van der Waals surface area contributed by atoms with Crippen molar-refractivity contribution in [2.75, 3.05) is 0 Å². The number of aryl methyl sites for hydroxylation is 1. The largest absolute Gasteiger partial charge is 0.419 e. The van der Waals surface area contributed by atoms with Gasteiger partial charge in [0.15, 0.2) is 5.58 Å². The molecule has 126 valence electrons. The van der Waals surface area contributed by atoms with Crippen LogP contribution in [-0.4, -0.2) is 26.3 Å². The number of halogens is 1. The van der Waals surface area contributed by atoms with Gasteiger partial charge in [0.25, 0.3) is 0 Å². The van der Waals surface area contributed by atoms with Crippen LogP contribution in [0.5, 0.6) is 0 Å². The van der Waals surface area contributed by atoms with Gasteiger partial charge in [-0.3, -0.25) is 14.0 Å². The molecule has 0 radical (unpaired) electrons. The number of carbonyl (C=O) groups excluding carboxylic acids is 1. The average Bonchev–Trinajstić information content (AvgIpc) is 3.11. The van der Waals surface area contributed by atoms with Crippen molar-refractivity contribution in [1.82, 2.24) is 19.7 Å². The molecular formula is C16H17ClN4O3. The zero-order valence-electron chi connectivity index (χ0n) is 13.1. The highest BCUT2D eigenvalue weighted by molar-refractivity contribution is 6.31. The topological polar surface area (TPSA) is 82.1 Å². The summed E-state index contributed by atoms with van der Waals surface area (Å²) in [4.78, 5) is 24.0. The van der Waals surface area contributed by atoms with Gasteiger partial charge in [-0.05, 0) is 25.1 Å². The minimum absolute atomic E-state index is 0.0611. The van der Waals surface area contributed by atoms with Crippen LogP contribution in [-0.2, 0) is 17.9 Å². The Morgan fingerprint density at radius 3 is 3.04 bits per heavy atom. The van der Waals surface area contributed by atoms with Gasteiger partial charge in [0, 0.05) is 42.5 Å². The second-order valence-corrected chi connectivity index (χ2v) is 6.01. The molecule has 0 fully saturated rings. The SMILES string of the molecule is C[C@@H](Cn1cccn1)NC(=O)CCn1c(=O)oc2cc(Cl)ccc21. The fourth-order valence-corrected chi connectivity index (χ4v) is 2.71. The van der Waals surface area contributed by atoms with E-state index in [0.717, 1.165) is 0 Å². The summed E-state index contributed by atoms with van der Waals surface area (Å²) in [6.07, 6.45) is 3.71. The lowest BCUT2D eigenvalue weighted by Crippen LogP contribution is -2.36. The molecule has 7 nitrogen and oxygen atoms in total. The molecule has 8 heteroatoms. The summed E-state index contributed by atoms with van der Waals surface area (Å²) in [5, 5.41) is 7.48. The molecular weight excluding hydrogens is 332 g/mol. The van der Waals surface area contributed by atoms with Crippen LogP contribution in [0.2, 0.25) is 5.02 Å². The third-order valence-corrected chi connectivity index (χ3v) is 3.86. The normalized spacial score (nSPS) is 12.4. The highest BCUT2D eigenvalue weighted by Gasteiger charge is 2.13. The Balaban J connectivity index is 1.60. The van der Waals surface area contributed by atoms with Crippen LogP contribution in [0.1, 0.15) is 13.3 Å². The molecule has 2 heterocycles. The van der Waals surface area contributed by atoms with Crippen molar-refractivity contribution in [3.05, 3.63) is 52.2 Å². The van der Waals surface area contributed by atoms with E-state index < -0.39 is 5.76 Å². The third kappa shape index (κ3) is 3.68. The number of fused-ring (bicyclic) bond motifs is 1. The van der Waals surface area contributed by atoms with Crippen molar-refractivity contribution >= 4 is 28.6 Å². The zero-order valence-corrected chi connectivity index (χ0v) is 13.9. The Hall–Kier alpha value is -2.54. The van der Waals surface area contributed by atoms with Crippen LogP contribution in [0.3, 0.4) is 0 Å². The van der Waals surface area contributed by atoms with Gasteiger partial charge in [-0.2, -0.15) is 5.10 Å². The fraction of sp³-hybridized carbons (Fsp3) is 0.312. The molecule has 0 saturated heterocycles. The molecule has 2 aromatic heterocycles. The van der Waals surface area contributed by atoms with Crippen LogP contribution in [0.4, 0.5) is 0 Å². The first kappa shape index (κ1) is 16.3. The number of oxazole rings is 1. The summed E-state index contributed by atoms with van der Waals surface area (Å²) in [5.74, 6) is -0.630. The van der Waals surface area contributed by atoms with Crippen molar-refractivity contribution in [1.29, 1.82) is 0 Å². The Labute approximate surface area is 142 Å². The van der Waals surface area contributed by atoms with Crippen LogP contribution < -0.4 is 11.1 Å². The minimum Gasteiger partial charge on any atom is -0.408 e. The Morgan fingerprint density at radius 2 is 2.29 bits per heavy atom. The van der Waals surface area contributed by atoms with Gasteiger partial charge < -0.3 is 9.73 Å². The highest BCUT2D eigenvalue weighted by Crippen LogP contribution is 2.18. The number of nitrogens with one attached hydrogen (secondary N) is 1. The number of nitrogens with zero attached hydrogens (tertiary/aromatic N) is 3.